The molecule has 162 valence electrons. The van der Waals surface area contributed by atoms with Gasteiger partial charge in [-0.05, 0) is 49.9 Å². The number of anilines is 1. The number of aromatic nitrogens is 2. The summed E-state index contributed by atoms with van der Waals surface area (Å²) in [6.45, 7) is 12.3. The van der Waals surface area contributed by atoms with E-state index in [1.807, 2.05) is 24.4 Å². The smallest absolute Gasteiger partial charge is 0.258 e. The third kappa shape index (κ3) is 4.54. The Bertz CT molecular complexity index is 1170. The molecule has 1 saturated heterocycles. The lowest BCUT2D eigenvalue weighted by Gasteiger charge is -2.29. The van der Waals surface area contributed by atoms with Crippen LogP contribution < -0.4 is 15.8 Å². The summed E-state index contributed by atoms with van der Waals surface area (Å²) in [5, 5.41) is 3.36. The highest BCUT2D eigenvalue weighted by molar-refractivity contribution is 5.87. The minimum Gasteiger partial charge on any atom is -0.368 e. The Hall–Kier alpha value is -2.99. The summed E-state index contributed by atoms with van der Waals surface area (Å²) >= 11 is 0. The number of hydrogen-bond acceptors (Lipinski definition) is 5. The fourth-order valence-corrected chi connectivity index (χ4v) is 3.83. The van der Waals surface area contributed by atoms with Crippen molar-refractivity contribution in [2.24, 2.45) is 10.9 Å². The topological polar surface area (TPSA) is 62.0 Å². The first-order valence-corrected chi connectivity index (χ1v) is 11.1. The molecule has 31 heavy (non-hydrogen) atoms. The molecule has 1 fully saturated rings. The molecule has 3 aromatic rings. The monoisotopic (exact) mass is 417 g/mol. The van der Waals surface area contributed by atoms with Crippen LogP contribution in [-0.2, 0) is 0 Å². The summed E-state index contributed by atoms with van der Waals surface area (Å²) in [6.07, 6.45) is 2.97. The van der Waals surface area contributed by atoms with E-state index in [0.29, 0.717) is 17.3 Å². The van der Waals surface area contributed by atoms with Crippen molar-refractivity contribution < 1.29 is 0 Å². The minimum absolute atomic E-state index is 0.0709. The van der Waals surface area contributed by atoms with E-state index in [2.05, 4.69) is 50.0 Å². The van der Waals surface area contributed by atoms with Crippen LogP contribution in [0, 0.1) is 12.8 Å². The van der Waals surface area contributed by atoms with Gasteiger partial charge >= 0.3 is 0 Å². The summed E-state index contributed by atoms with van der Waals surface area (Å²) in [5.74, 6) is 0.441. The number of benzene rings is 1. The van der Waals surface area contributed by atoms with Gasteiger partial charge in [0.15, 0.2) is 0 Å². The fraction of sp³-hybridized carbons (Fsp3) is 0.400. The number of nitrogens with one attached hydrogen (secondary N) is 1. The Balaban J connectivity index is 1.71. The van der Waals surface area contributed by atoms with Gasteiger partial charge in [-0.15, -0.1) is 0 Å². The quantitative estimate of drug-likeness (QED) is 0.632. The van der Waals surface area contributed by atoms with Gasteiger partial charge in [-0.25, -0.2) is 4.98 Å². The van der Waals surface area contributed by atoms with Crippen LogP contribution in [0.2, 0.25) is 0 Å². The van der Waals surface area contributed by atoms with Gasteiger partial charge in [0.1, 0.15) is 5.65 Å². The summed E-state index contributed by atoms with van der Waals surface area (Å²) in [5.41, 5.74) is 6.40. The molecule has 1 aliphatic rings. The molecule has 1 N–H and O–H groups in total. The third-order valence-electron chi connectivity index (χ3n) is 6.25. The highest BCUT2D eigenvalue weighted by Gasteiger charge is 2.13. The minimum atomic E-state index is -0.0709. The zero-order valence-electron chi connectivity index (χ0n) is 18.9. The van der Waals surface area contributed by atoms with Crippen LogP contribution in [0.5, 0.6) is 0 Å². The van der Waals surface area contributed by atoms with Gasteiger partial charge in [-0.2, -0.15) is 0 Å². The number of hydrogen-bond donors (Lipinski definition) is 1. The Morgan fingerprint density at radius 2 is 1.97 bits per heavy atom. The van der Waals surface area contributed by atoms with Crippen LogP contribution >= 0.6 is 0 Å². The standard InChI is InChI=1S/C25H31N5O/c1-5-17(2)19(4)27-22-14-20(7-6-18(22)3)23-15-25(31)30-16-21(8-9-24(30)28-23)29-12-10-26-11-13-29/h6-9,14-17,26H,5,10-13H2,1-4H3. The molecule has 0 saturated carbocycles. The molecule has 0 spiro atoms. The van der Waals surface area contributed by atoms with Crippen molar-refractivity contribution in [3.8, 4) is 11.3 Å². The third-order valence-corrected chi connectivity index (χ3v) is 6.25. The Labute approximate surface area is 183 Å². The highest BCUT2D eigenvalue weighted by Crippen LogP contribution is 2.27. The molecule has 1 aliphatic heterocycles. The maximum atomic E-state index is 12.9. The first-order chi connectivity index (χ1) is 15.0. The molecule has 4 rings (SSSR count). The summed E-state index contributed by atoms with van der Waals surface area (Å²) < 4.78 is 1.64. The Morgan fingerprint density at radius 3 is 2.71 bits per heavy atom. The van der Waals surface area contributed by atoms with E-state index in [0.717, 1.165) is 60.8 Å². The molecule has 0 aliphatic carbocycles. The van der Waals surface area contributed by atoms with Crippen molar-refractivity contribution >= 4 is 22.7 Å². The zero-order chi connectivity index (χ0) is 22.0. The van der Waals surface area contributed by atoms with Gasteiger partial charge in [0, 0.05) is 49.7 Å². The number of fused-ring (bicyclic) bond motifs is 1. The number of nitrogens with zero attached hydrogens (tertiary/aromatic N) is 4. The van der Waals surface area contributed by atoms with E-state index >= 15 is 0 Å². The number of pyridine rings is 1. The van der Waals surface area contributed by atoms with E-state index in [1.165, 1.54) is 0 Å². The van der Waals surface area contributed by atoms with Gasteiger partial charge < -0.3 is 10.2 Å². The molecule has 3 heterocycles. The van der Waals surface area contributed by atoms with Crippen molar-refractivity contribution in [3.63, 3.8) is 0 Å². The maximum absolute atomic E-state index is 12.9. The highest BCUT2D eigenvalue weighted by atomic mass is 16.1. The molecule has 0 amide bonds. The van der Waals surface area contributed by atoms with E-state index in [9.17, 15) is 4.79 Å². The second-order valence-corrected chi connectivity index (χ2v) is 8.40. The van der Waals surface area contributed by atoms with E-state index in [1.54, 1.807) is 10.5 Å². The van der Waals surface area contributed by atoms with Crippen LogP contribution in [0.3, 0.4) is 0 Å². The van der Waals surface area contributed by atoms with Crippen LogP contribution in [-0.4, -0.2) is 41.3 Å². The number of rotatable bonds is 5. The predicted molar refractivity (Wildman–Crippen MR) is 129 cm³/mol. The van der Waals surface area contributed by atoms with Gasteiger partial charge in [-0.3, -0.25) is 14.2 Å². The lowest BCUT2D eigenvalue weighted by atomic mass is 10.0. The lowest BCUT2D eigenvalue weighted by Crippen LogP contribution is -2.43. The first-order valence-electron chi connectivity index (χ1n) is 11.1. The largest absolute Gasteiger partial charge is 0.368 e. The average Bonchev–Trinajstić information content (AvgIpc) is 2.80. The molecule has 1 unspecified atom stereocenters. The van der Waals surface area contributed by atoms with E-state index < -0.39 is 0 Å². The van der Waals surface area contributed by atoms with Crippen LogP contribution in [0.1, 0.15) is 32.8 Å². The second kappa shape index (κ2) is 9.02. The molecular formula is C25H31N5O. The summed E-state index contributed by atoms with van der Waals surface area (Å²) in [7, 11) is 0. The second-order valence-electron chi connectivity index (χ2n) is 8.40. The maximum Gasteiger partial charge on any atom is 0.258 e. The summed E-state index contributed by atoms with van der Waals surface area (Å²) in [4.78, 5) is 24.9. The molecule has 2 aromatic heterocycles. The molecule has 1 atom stereocenters. The lowest BCUT2D eigenvalue weighted by molar-refractivity contribution is 0.588. The SMILES string of the molecule is CCC(C)C(C)=Nc1cc(-c2cc(=O)n3cc(N4CCNCC4)ccc3n2)ccc1C. The van der Waals surface area contributed by atoms with Crippen molar-refractivity contribution in [1.82, 2.24) is 14.7 Å². The normalized spacial score (nSPS) is 16.0. The average molecular weight is 418 g/mol. The Kier molecular flexibility index (Phi) is 6.18. The number of aliphatic imine (C=N–C) groups is 1. The van der Waals surface area contributed by atoms with Crippen molar-refractivity contribution in [3.05, 3.63) is 58.5 Å². The van der Waals surface area contributed by atoms with Crippen molar-refractivity contribution in [2.45, 2.75) is 34.1 Å². The molecule has 6 nitrogen and oxygen atoms in total. The van der Waals surface area contributed by atoms with Crippen LogP contribution in [0.15, 0.2) is 52.4 Å². The van der Waals surface area contributed by atoms with Crippen molar-refractivity contribution in [1.29, 1.82) is 0 Å². The van der Waals surface area contributed by atoms with Crippen LogP contribution in [0.4, 0.5) is 11.4 Å². The number of aryl methyl sites for hydroxylation is 1. The zero-order valence-corrected chi connectivity index (χ0v) is 18.9. The molecular weight excluding hydrogens is 386 g/mol. The van der Waals surface area contributed by atoms with E-state index in [-0.39, 0.29) is 5.56 Å². The fourth-order valence-electron chi connectivity index (χ4n) is 3.83. The van der Waals surface area contributed by atoms with Gasteiger partial charge in [0.05, 0.1) is 17.1 Å². The van der Waals surface area contributed by atoms with Crippen LogP contribution in [0.25, 0.3) is 16.9 Å². The predicted octanol–water partition coefficient (Wildman–Crippen LogP) is 4.22. The van der Waals surface area contributed by atoms with Gasteiger partial charge in [0.25, 0.3) is 5.56 Å². The molecule has 1 aromatic carbocycles. The summed E-state index contributed by atoms with van der Waals surface area (Å²) in [6, 6.07) is 11.7. The Morgan fingerprint density at radius 1 is 1.19 bits per heavy atom. The van der Waals surface area contributed by atoms with Gasteiger partial charge in [0.2, 0.25) is 0 Å². The van der Waals surface area contributed by atoms with Gasteiger partial charge in [-0.1, -0.05) is 26.0 Å². The number of piperazine rings is 1. The van der Waals surface area contributed by atoms with Crippen molar-refractivity contribution in [2.75, 3.05) is 31.1 Å². The molecule has 0 bridgehead atoms. The van der Waals surface area contributed by atoms with E-state index in [4.69, 9.17) is 9.98 Å². The first kappa shape index (κ1) is 21.2. The molecule has 0 radical (unpaired) electrons. The molecule has 6 heteroatoms.